The number of rotatable bonds is 7. The lowest BCUT2D eigenvalue weighted by Crippen LogP contribution is -2.13. The smallest absolute Gasteiger partial charge is 0.313 e. The molecule has 9 heteroatoms. The number of carboxylic acids is 1. The van der Waals surface area contributed by atoms with E-state index < -0.39 is 5.97 Å². The molecule has 2 heterocycles. The van der Waals surface area contributed by atoms with Crippen molar-refractivity contribution >= 4 is 17.7 Å². The molecule has 20 heavy (non-hydrogen) atoms. The van der Waals surface area contributed by atoms with Gasteiger partial charge in [0.25, 0.3) is 0 Å². The van der Waals surface area contributed by atoms with E-state index in [1.807, 2.05) is 18.4 Å². The van der Waals surface area contributed by atoms with Crippen molar-refractivity contribution in [1.29, 1.82) is 0 Å². The molecule has 0 spiro atoms. The zero-order chi connectivity index (χ0) is 14.5. The third-order valence-electron chi connectivity index (χ3n) is 2.61. The van der Waals surface area contributed by atoms with Crippen molar-refractivity contribution in [2.24, 2.45) is 0 Å². The van der Waals surface area contributed by atoms with Crippen LogP contribution in [0.4, 0.5) is 0 Å². The second-order valence-corrected chi connectivity index (χ2v) is 5.44. The van der Waals surface area contributed by atoms with E-state index in [2.05, 4.69) is 20.5 Å². The van der Waals surface area contributed by atoms with Crippen LogP contribution in [-0.2, 0) is 17.9 Å². The molecule has 0 saturated heterocycles. The number of carboxylic acid groups (broad SMARTS) is 1. The molecule has 8 nitrogen and oxygen atoms in total. The molecule has 0 amide bonds. The summed E-state index contributed by atoms with van der Waals surface area (Å²) in [5.41, 5.74) is 0. The second kappa shape index (κ2) is 6.51. The van der Waals surface area contributed by atoms with Crippen LogP contribution in [0, 0.1) is 0 Å². The highest BCUT2D eigenvalue weighted by Gasteiger charge is 2.16. The molecule has 0 aliphatic carbocycles. The van der Waals surface area contributed by atoms with Crippen LogP contribution in [0.2, 0.25) is 0 Å². The van der Waals surface area contributed by atoms with Gasteiger partial charge in [0.1, 0.15) is 5.82 Å². The minimum atomic E-state index is -0.869. The summed E-state index contributed by atoms with van der Waals surface area (Å²) >= 11 is 1.18. The minimum Gasteiger partial charge on any atom is -0.481 e. The number of hydrogen-bond donors (Lipinski definition) is 1. The molecule has 0 saturated carbocycles. The van der Waals surface area contributed by atoms with Crippen LogP contribution >= 0.6 is 11.8 Å². The van der Waals surface area contributed by atoms with Crippen LogP contribution in [-0.4, -0.2) is 46.6 Å². The van der Waals surface area contributed by atoms with E-state index in [9.17, 15) is 4.79 Å². The van der Waals surface area contributed by atoms with Gasteiger partial charge in [-0.2, -0.15) is 0 Å². The molecular formula is C11H16N6O2S. The van der Waals surface area contributed by atoms with Gasteiger partial charge < -0.3 is 9.67 Å². The Bertz CT molecular complexity index is 565. The molecule has 2 aromatic rings. The first-order chi connectivity index (χ1) is 9.58. The topological polar surface area (TPSA) is 98.7 Å². The Hall–Kier alpha value is -1.90. The molecule has 0 aliphatic rings. The number of hydrogen-bond acceptors (Lipinski definition) is 6. The molecular weight excluding hydrogens is 280 g/mol. The highest BCUT2D eigenvalue weighted by molar-refractivity contribution is 7.99. The van der Waals surface area contributed by atoms with Gasteiger partial charge in [0, 0.05) is 18.7 Å². The summed E-state index contributed by atoms with van der Waals surface area (Å²) < 4.78 is 3.66. The maximum Gasteiger partial charge on any atom is 0.313 e. The summed E-state index contributed by atoms with van der Waals surface area (Å²) in [6.45, 7) is 5.33. The largest absolute Gasteiger partial charge is 0.481 e. The fourth-order valence-electron chi connectivity index (χ4n) is 1.72. The Morgan fingerprint density at radius 2 is 2.20 bits per heavy atom. The fraction of sp³-hybridized carbons (Fsp3) is 0.545. The Labute approximate surface area is 120 Å². The van der Waals surface area contributed by atoms with Gasteiger partial charge in [0.15, 0.2) is 5.16 Å². The van der Waals surface area contributed by atoms with Crippen molar-refractivity contribution in [3.8, 4) is 0 Å². The van der Waals surface area contributed by atoms with E-state index in [0.717, 1.165) is 5.82 Å². The predicted octanol–water partition coefficient (Wildman–Crippen LogP) is 0.870. The van der Waals surface area contributed by atoms with Gasteiger partial charge in [-0.05, 0) is 0 Å². The number of aromatic nitrogens is 6. The molecule has 0 aliphatic heterocycles. The first kappa shape index (κ1) is 14.5. The molecule has 2 rings (SSSR count). The highest BCUT2D eigenvalue weighted by Crippen LogP contribution is 2.21. The van der Waals surface area contributed by atoms with Crippen molar-refractivity contribution < 1.29 is 9.90 Å². The van der Waals surface area contributed by atoms with Crippen molar-refractivity contribution in [2.45, 2.75) is 38.0 Å². The average Bonchev–Trinajstić information content (AvgIpc) is 3.03. The van der Waals surface area contributed by atoms with E-state index in [-0.39, 0.29) is 11.7 Å². The molecule has 0 aromatic carbocycles. The summed E-state index contributed by atoms with van der Waals surface area (Å²) in [5, 5.41) is 25.3. The van der Waals surface area contributed by atoms with Crippen LogP contribution in [0.15, 0.2) is 17.6 Å². The van der Waals surface area contributed by atoms with Crippen LogP contribution in [0.5, 0.6) is 0 Å². The van der Waals surface area contributed by atoms with E-state index in [1.165, 1.54) is 11.8 Å². The number of aryl methyl sites for hydroxylation is 1. The van der Waals surface area contributed by atoms with Gasteiger partial charge in [-0.3, -0.25) is 9.48 Å². The summed E-state index contributed by atoms with van der Waals surface area (Å²) in [7, 11) is 0. The number of aliphatic carboxylic acids is 1. The zero-order valence-corrected chi connectivity index (χ0v) is 12.1. The SMILES string of the molecule is CC(C)c1nnc(SCC(=O)O)n1CCn1ccnn1. The monoisotopic (exact) mass is 296 g/mol. The lowest BCUT2D eigenvalue weighted by atomic mass is 10.2. The molecule has 0 radical (unpaired) electrons. The first-order valence-electron chi connectivity index (χ1n) is 6.19. The van der Waals surface area contributed by atoms with Crippen LogP contribution in [0.1, 0.15) is 25.6 Å². The van der Waals surface area contributed by atoms with E-state index in [1.54, 1.807) is 17.1 Å². The van der Waals surface area contributed by atoms with E-state index >= 15 is 0 Å². The zero-order valence-electron chi connectivity index (χ0n) is 11.3. The van der Waals surface area contributed by atoms with Gasteiger partial charge in [0.05, 0.1) is 18.5 Å². The Balaban J connectivity index is 2.13. The van der Waals surface area contributed by atoms with Crippen molar-refractivity contribution in [1.82, 2.24) is 29.8 Å². The molecule has 0 bridgehead atoms. The molecule has 0 atom stereocenters. The Morgan fingerprint density at radius 3 is 2.80 bits per heavy atom. The molecule has 108 valence electrons. The van der Waals surface area contributed by atoms with E-state index in [4.69, 9.17) is 5.11 Å². The maximum absolute atomic E-state index is 10.7. The normalized spacial score (nSPS) is 11.2. The number of nitrogens with zero attached hydrogens (tertiary/aromatic N) is 6. The lowest BCUT2D eigenvalue weighted by Gasteiger charge is -2.11. The van der Waals surface area contributed by atoms with Crippen LogP contribution in [0.25, 0.3) is 0 Å². The average molecular weight is 296 g/mol. The first-order valence-corrected chi connectivity index (χ1v) is 7.18. The van der Waals surface area contributed by atoms with Crippen molar-refractivity contribution in [2.75, 3.05) is 5.75 Å². The highest BCUT2D eigenvalue weighted by atomic mass is 32.2. The van der Waals surface area contributed by atoms with Gasteiger partial charge in [-0.1, -0.05) is 30.8 Å². The summed E-state index contributed by atoms with van der Waals surface area (Å²) in [6.07, 6.45) is 3.40. The minimum absolute atomic E-state index is 0.0282. The third kappa shape index (κ3) is 3.56. The number of carbonyl (C=O) groups is 1. The van der Waals surface area contributed by atoms with Crippen LogP contribution < -0.4 is 0 Å². The summed E-state index contributed by atoms with van der Waals surface area (Å²) in [4.78, 5) is 10.7. The standard InChI is InChI=1S/C11H16N6O2S/c1-8(2)10-13-14-11(20-7-9(18)19)17(10)6-5-16-4-3-12-15-16/h3-4,8H,5-7H2,1-2H3,(H,18,19). The van der Waals surface area contributed by atoms with Crippen molar-refractivity contribution in [3.05, 3.63) is 18.2 Å². The fourth-order valence-corrected chi connectivity index (χ4v) is 2.42. The summed E-state index contributed by atoms with van der Waals surface area (Å²) in [5.74, 6) is 0.168. The Kier molecular flexibility index (Phi) is 4.72. The van der Waals surface area contributed by atoms with Gasteiger partial charge in [-0.15, -0.1) is 15.3 Å². The third-order valence-corrected chi connectivity index (χ3v) is 3.56. The van der Waals surface area contributed by atoms with Crippen molar-refractivity contribution in [3.63, 3.8) is 0 Å². The quantitative estimate of drug-likeness (QED) is 0.757. The second-order valence-electron chi connectivity index (χ2n) is 4.50. The van der Waals surface area contributed by atoms with Gasteiger partial charge in [0.2, 0.25) is 0 Å². The number of thioether (sulfide) groups is 1. The molecule has 2 aromatic heterocycles. The summed E-state index contributed by atoms with van der Waals surface area (Å²) in [6, 6.07) is 0. The Morgan fingerprint density at radius 1 is 1.40 bits per heavy atom. The maximum atomic E-state index is 10.7. The van der Waals surface area contributed by atoms with Gasteiger partial charge in [-0.25, -0.2) is 0 Å². The van der Waals surface area contributed by atoms with Crippen LogP contribution in [0.3, 0.4) is 0 Å². The van der Waals surface area contributed by atoms with Gasteiger partial charge >= 0.3 is 5.97 Å². The molecule has 0 fully saturated rings. The lowest BCUT2D eigenvalue weighted by molar-refractivity contribution is -0.133. The molecule has 1 N–H and O–H groups in total. The molecule has 0 unspecified atom stereocenters. The van der Waals surface area contributed by atoms with E-state index in [0.29, 0.717) is 18.2 Å². The predicted molar refractivity (Wildman–Crippen MR) is 72.5 cm³/mol.